The molecule has 6 heteroatoms. The van der Waals surface area contributed by atoms with Gasteiger partial charge in [0.25, 0.3) is 5.91 Å². The van der Waals surface area contributed by atoms with Crippen molar-refractivity contribution in [2.75, 3.05) is 0 Å². The van der Waals surface area contributed by atoms with E-state index >= 15 is 0 Å². The number of aryl methyl sites for hydroxylation is 1. The first-order valence-corrected chi connectivity index (χ1v) is 8.83. The van der Waals surface area contributed by atoms with Crippen LogP contribution in [0.5, 0.6) is 0 Å². The number of carbonyl (C=O) groups is 1. The molecule has 26 heavy (non-hydrogen) atoms. The number of aliphatic hydroxyl groups is 2. The summed E-state index contributed by atoms with van der Waals surface area (Å²) >= 11 is 1.42. The molecule has 5 nitrogen and oxygen atoms in total. The van der Waals surface area contributed by atoms with Crippen molar-refractivity contribution in [2.24, 2.45) is 0 Å². The van der Waals surface area contributed by atoms with Crippen LogP contribution in [0.3, 0.4) is 0 Å². The van der Waals surface area contributed by atoms with Crippen LogP contribution in [0.1, 0.15) is 20.9 Å². The van der Waals surface area contributed by atoms with Crippen molar-refractivity contribution in [2.45, 2.75) is 13.2 Å². The smallest absolute Gasteiger partial charge is 0.255 e. The molecule has 3 aromatic rings. The average molecular weight is 366 g/mol. The Hall–Kier alpha value is -2.80. The minimum Gasteiger partial charge on any atom is -0.363 e. The summed E-state index contributed by atoms with van der Waals surface area (Å²) in [5.41, 5.74) is 2.18. The fourth-order valence-corrected chi connectivity index (χ4v) is 3.38. The van der Waals surface area contributed by atoms with E-state index in [0.29, 0.717) is 5.56 Å². The average Bonchev–Trinajstić information content (AvgIpc) is 3.03. The molecule has 0 bridgehead atoms. The summed E-state index contributed by atoms with van der Waals surface area (Å²) in [5, 5.41) is 22.7. The van der Waals surface area contributed by atoms with Crippen LogP contribution in [0.2, 0.25) is 0 Å². The summed E-state index contributed by atoms with van der Waals surface area (Å²) in [6.07, 6.45) is -0.255. The predicted molar refractivity (Wildman–Crippen MR) is 102 cm³/mol. The fraction of sp³-hybridized carbons (Fsp3) is 0.100. The zero-order valence-corrected chi connectivity index (χ0v) is 14.9. The number of thiazole rings is 1. The first-order chi connectivity index (χ1) is 12.5. The van der Waals surface area contributed by atoms with Gasteiger partial charge < -0.3 is 15.5 Å². The summed E-state index contributed by atoms with van der Waals surface area (Å²) in [7, 11) is 0. The number of benzene rings is 2. The SMILES string of the molecule is Cc1nc(-c2ccccc2)sc1/C=C(\NC(=O)c1ccccc1)C(O)O. The molecule has 3 rings (SSSR count). The number of hydrogen-bond acceptors (Lipinski definition) is 5. The molecular weight excluding hydrogens is 348 g/mol. The second-order valence-corrected chi connectivity index (χ2v) is 6.66. The van der Waals surface area contributed by atoms with Gasteiger partial charge in [-0.25, -0.2) is 4.98 Å². The molecule has 0 unspecified atom stereocenters. The van der Waals surface area contributed by atoms with Crippen molar-refractivity contribution in [1.29, 1.82) is 0 Å². The van der Waals surface area contributed by atoms with Gasteiger partial charge in [-0.15, -0.1) is 11.3 Å². The normalized spacial score (nSPS) is 11.6. The summed E-state index contributed by atoms with van der Waals surface area (Å²) < 4.78 is 0. The highest BCUT2D eigenvalue weighted by Gasteiger charge is 2.15. The molecular formula is C20H18N2O3S. The lowest BCUT2D eigenvalue weighted by Crippen LogP contribution is -2.29. The van der Waals surface area contributed by atoms with E-state index < -0.39 is 12.2 Å². The number of nitrogens with zero attached hydrogens (tertiary/aromatic N) is 1. The van der Waals surface area contributed by atoms with E-state index in [1.165, 1.54) is 11.3 Å². The zero-order chi connectivity index (χ0) is 18.5. The Bertz CT molecular complexity index is 919. The minimum absolute atomic E-state index is 0.00483. The summed E-state index contributed by atoms with van der Waals surface area (Å²) in [4.78, 5) is 17.6. The highest BCUT2D eigenvalue weighted by atomic mass is 32.1. The van der Waals surface area contributed by atoms with Gasteiger partial charge in [0.2, 0.25) is 0 Å². The number of nitrogens with one attached hydrogen (secondary N) is 1. The standard InChI is InChI=1S/C20H18N2O3S/c1-13-17(26-19(21-13)15-10-6-3-7-11-15)12-16(20(24)25)22-18(23)14-8-4-2-5-9-14/h2-12,20,24-25H,1H3,(H,22,23)/b16-12-. The third-order valence-corrected chi connectivity index (χ3v) is 4.87. The number of rotatable bonds is 5. The zero-order valence-electron chi connectivity index (χ0n) is 14.1. The molecule has 0 saturated carbocycles. The number of hydrogen-bond donors (Lipinski definition) is 3. The first kappa shape index (κ1) is 18.0. The molecule has 0 atom stereocenters. The van der Waals surface area contributed by atoms with E-state index in [9.17, 15) is 15.0 Å². The number of aromatic nitrogens is 1. The maximum Gasteiger partial charge on any atom is 0.255 e. The van der Waals surface area contributed by atoms with Crippen LogP contribution in [0.25, 0.3) is 16.6 Å². The molecule has 0 radical (unpaired) electrons. The van der Waals surface area contributed by atoms with Gasteiger partial charge in [0.1, 0.15) is 5.01 Å². The second kappa shape index (κ2) is 8.05. The molecule has 0 saturated heterocycles. The van der Waals surface area contributed by atoms with Gasteiger partial charge in [0.05, 0.1) is 16.3 Å². The maximum absolute atomic E-state index is 12.3. The van der Waals surface area contributed by atoms with E-state index in [4.69, 9.17) is 0 Å². The molecule has 0 spiro atoms. The Morgan fingerprint density at radius 3 is 2.31 bits per heavy atom. The van der Waals surface area contributed by atoms with Gasteiger partial charge >= 0.3 is 0 Å². The molecule has 0 aliphatic carbocycles. The Morgan fingerprint density at radius 2 is 1.69 bits per heavy atom. The third-order valence-electron chi connectivity index (χ3n) is 3.71. The van der Waals surface area contributed by atoms with Crippen molar-refractivity contribution in [3.05, 3.63) is 82.5 Å². The Balaban J connectivity index is 1.88. The van der Waals surface area contributed by atoms with Crippen LogP contribution in [0.15, 0.2) is 66.4 Å². The summed E-state index contributed by atoms with van der Waals surface area (Å²) in [6.45, 7) is 1.84. The Labute approximate surface area is 155 Å². The van der Waals surface area contributed by atoms with E-state index in [0.717, 1.165) is 21.1 Å². The van der Waals surface area contributed by atoms with Gasteiger partial charge in [-0.05, 0) is 25.1 Å². The van der Waals surface area contributed by atoms with Crippen molar-refractivity contribution < 1.29 is 15.0 Å². The van der Waals surface area contributed by atoms with Crippen LogP contribution in [-0.2, 0) is 0 Å². The topological polar surface area (TPSA) is 82.5 Å². The molecule has 3 N–H and O–H groups in total. The van der Waals surface area contributed by atoms with Crippen LogP contribution in [0.4, 0.5) is 0 Å². The lowest BCUT2D eigenvalue weighted by atomic mass is 10.2. The van der Waals surface area contributed by atoms with Gasteiger partial charge in [0, 0.05) is 11.1 Å². The molecule has 1 amide bonds. The quantitative estimate of drug-likeness (QED) is 0.606. The molecule has 1 aromatic heterocycles. The molecule has 132 valence electrons. The van der Waals surface area contributed by atoms with E-state index in [1.54, 1.807) is 36.4 Å². The largest absolute Gasteiger partial charge is 0.363 e. The van der Waals surface area contributed by atoms with Gasteiger partial charge in [-0.1, -0.05) is 48.5 Å². The Morgan fingerprint density at radius 1 is 1.08 bits per heavy atom. The Kier molecular flexibility index (Phi) is 5.58. The first-order valence-electron chi connectivity index (χ1n) is 8.01. The van der Waals surface area contributed by atoms with Crippen LogP contribution >= 0.6 is 11.3 Å². The summed E-state index contributed by atoms with van der Waals surface area (Å²) in [5.74, 6) is -0.407. The van der Waals surface area contributed by atoms with E-state index in [1.807, 2.05) is 37.3 Å². The van der Waals surface area contributed by atoms with Crippen molar-refractivity contribution in [3.63, 3.8) is 0 Å². The molecule has 0 aliphatic heterocycles. The predicted octanol–water partition coefficient (Wildman–Crippen LogP) is 3.20. The third kappa shape index (κ3) is 4.23. The van der Waals surface area contributed by atoms with Crippen LogP contribution < -0.4 is 5.32 Å². The monoisotopic (exact) mass is 366 g/mol. The summed E-state index contributed by atoms with van der Waals surface area (Å²) in [6, 6.07) is 18.3. The lowest BCUT2D eigenvalue weighted by molar-refractivity contribution is -0.0116. The lowest BCUT2D eigenvalue weighted by Gasteiger charge is -2.11. The molecule has 0 fully saturated rings. The molecule has 1 heterocycles. The maximum atomic E-state index is 12.3. The van der Waals surface area contributed by atoms with Crippen LogP contribution in [-0.4, -0.2) is 27.4 Å². The van der Waals surface area contributed by atoms with E-state index in [2.05, 4.69) is 10.3 Å². The highest BCUT2D eigenvalue weighted by molar-refractivity contribution is 7.16. The van der Waals surface area contributed by atoms with Gasteiger partial charge in [0.15, 0.2) is 6.29 Å². The number of aliphatic hydroxyl groups excluding tert-OH is 1. The van der Waals surface area contributed by atoms with Crippen molar-refractivity contribution in [1.82, 2.24) is 10.3 Å². The number of amides is 1. The highest BCUT2D eigenvalue weighted by Crippen LogP contribution is 2.29. The van der Waals surface area contributed by atoms with Crippen molar-refractivity contribution >= 4 is 23.3 Å². The van der Waals surface area contributed by atoms with Crippen LogP contribution in [0, 0.1) is 6.92 Å². The minimum atomic E-state index is -1.80. The van der Waals surface area contributed by atoms with E-state index in [-0.39, 0.29) is 5.70 Å². The number of carbonyl (C=O) groups excluding carboxylic acids is 1. The van der Waals surface area contributed by atoms with Gasteiger partial charge in [-0.3, -0.25) is 4.79 Å². The fourth-order valence-electron chi connectivity index (χ4n) is 2.36. The molecule has 0 aliphatic rings. The molecule has 2 aromatic carbocycles. The second-order valence-electron chi connectivity index (χ2n) is 5.63. The van der Waals surface area contributed by atoms with Gasteiger partial charge in [-0.2, -0.15) is 0 Å². The van der Waals surface area contributed by atoms with Crippen molar-refractivity contribution in [3.8, 4) is 10.6 Å².